The maximum Gasteiger partial charge on any atom is 0.266 e. The minimum absolute atomic E-state index is 0.119. The molecule has 0 saturated carbocycles. The topological polar surface area (TPSA) is 108 Å². The largest absolute Gasteiger partial charge is 0.497 e. The summed E-state index contributed by atoms with van der Waals surface area (Å²) < 4.78 is 29.1. The third-order valence-corrected chi connectivity index (χ3v) is 4.17. The third kappa shape index (κ3) is 4.06. The minimum Gasteiger partial charge on any atom is -0.497 e. The van der Waals surface area contributed by atoms with Crippen LogP contribution in [-0.2, 0) is 10.0 Å². The molecule has 0 spiro atoms. The summed E-state index contributed by atoms with van der Waals surface area (Å²) in [4.78, 5) is 13.8. The van der Waals surface area contributed by atoms with Crippen LogP contribution in [0.4, 0.5) is 0 Å². The fourth-order valence-electron chi connectivity index (χ4n) is 1.72. The van der Waals surface area contributed by atoms with Crippen molar-refractivity contribution in [2.75, 3.05) is 7.11 Å². The number of hydrogen-bond acceptors (Lipinski definition) is 5. The summed E-state index contributed by atoms with van der Waals surface area (Å²) in [6, 6.07) is 13.5. The minimum atomic E-state index is -3.97. The normalized spacial score (nSPS) is 10.6. The molecule has 0 fully saturated rings. The second-order valence-corrected chi connectivity index (χ2v) is 6.11. The number of carbonyl (C=O) groups excluding carboxylic acids is 1. The van der Waals surface area contributed by atoms with Gasteiger partial charge in [-0.1, -0.05) is 6.07 Å². The number of methoxy groups -OCH3 is 1. The van der Waals surface area contributed by atoms with Gasteiger partial charge in [-0.25, -0.2) is 8.42 Å². The average Bonchev–Trinajstić information content (AvgIpc) is 2.60. The van der Waals surface area contributed by atoms with Gasteiger partial charge in [0.15, 0.2) is 0 Å². The predicted octanol–water partition coefficient (Wildman–Crippen LogP) is 1.19. The van der Waals surface area contributed by atoms with Crippen LogP contribution in [0.15, 0.2) is 53.4 Å². The monoisotopic (exact) mass is 331 g/mol. The molecule has 0 heterocycles. The number of sulfonamides is 1. The molecule has 8 heteroatoms. The lowest BCUT2D eigenvalue weighted by molar-refractivity contribution is 0.0945. The van der Waals surface area contributed by atoms with Gasteiger partial charge in [0, 0.05) is 5.56 Å². The number of hydrogen-bond donors (Lipinski definition) is 2. The Balaban J connectivity index is 2.09. The second-order valence-electron chi connectivity index (χ2n) is 4.43. The summed E-state index contributed by atoms with van der Waals surface area (Å²) in [6.07, 6.45) is 0. The maximum absolute atomic E-state index is 12.1. The van der Waals surface area contributed by atoms with Gasteiger partial charge in [0.25, 0.3) is 15.9 Å². The van der Waals surface area contributed by atoms with E-state index in [4.69, 9.17) is 10.00 Å². The second kappa shape index (κ2) is 6.91. The highest BCUT2D eigenvalue weighted by Crippen LogP contribution is 2.12. The van der Waals surface area contributed by atoms with Gasteiger partial charge in [-0.2, -0.15) is 5.26 Å². The zero-order valence-corrected chi connectivity index (χ0v) is 12.9. The van der Waals surface area contributed by atoms with Crippen LogP contribution in [0.5, 0.6) is 5.75 Å². The Labute approximate surface area is 133 Å². The molecule has 2 N–H and O–H groups in total. The number of hydrazine groups is 1. The highest BCUT2D eigenvalue weighted by molar-refractivity contribution is 7.89. The van der Waals surface area contributed by atoms with Crippen molar-refractivity contribution in [3.63, 3.8) is 0 Å². The molecule has 0 unspecified atom stereocenters. The molecule has 0 atom stereocenters. The first-order valence-corrected chi connectivity index (χ1v) is 7.91. The van der Waals surface area contributed by atoms with E-state index < -0.39 is 15.9 Å². The van der Waals surface area contributed by atoms with Crippen LogP contribution < -0.4 is 15.0 Å². The van der Waals surface area contributed by atoms with Crippen molar-refractivity contribution < 1.29 is 17.9 Å². The molecule has 1 amide bonds. The summed E-state index contributed by atoms with van der Waals surface area (Å²) in [5.41, 5.74) is 2.58. The van der Waals surface area contributed by atoms with Crippen molar-refractivity contribution in [3.05, 3.63) is 59.7 Å². The molecule has 0 aliphatic carbocycles. The summed E-state index contributed by atoms with van der Waals surface area (Å²) in [6.45, 7) is 0. The van der Waals surface area contributed by atoms with Gasteiger partial charge in [-0.3, -0.25) is 10.2 Å². The Morgan fingerprint density at radius 3 is 2.48 bits per heavy atom. The van der Waals surface area contributed by atoms with Crippen LogP contribution in [0.25, 0.3) is 0 Å². The van der Waals surface area contributed by atoms with Crippen LogP contribution >= 0.6 is 0 Å². The van der Waals surface area contributed by atoms with Gasteiger partial charge in [-0.15, -0.1) is 4.83 Å². The van der Waals surface area contributed by atoms with E-state index in [0.29, 0.717) is 5.75 Å². The van der Waals surface area contributed by atoms with Crippen LogP contribution in [0.1, 0.15) is 15.9 Å². The molecule has 23 heavy (non-hydrogen) atoms. The van der Waals surface area contributed by atoms with E-state index in [1.54, 1.807) is 12.1 Å². The molecule has 0 saturated heterocycles. The number of nitrogens with zero attached hydrogens (tertiary/aromatic N) is 1. The van der Waals surface area contributed by atoms with Gasteiger partial charge in [0.05, 0.1) is 23.6 Å². The quantitative estimate of drug-likeness (QED) is 0.800. The van der Waals surface area contributed by atoms with Gasteiger partial charge < -0.3 is 4.74 Å². The van der Waals surface area contributed by atoms with E-state index in [1.807, 2.05) is 10.9 Å². The smallest absolute Gasteiger partial charge is 0.266 e. The van der Waals surface area contributed by atoms with Crippen molar-refractivity contribution >= 4 is 15.9 Å². The molecule has 7 nitrogen and oxygen atoms in total. The van der Waals surface area contributed by atoms with E-state index in [2.05, 4.69) is 5.43 Å². The number of nitriles is 1. The molecule has 0 aliphatic rings. The fourth-order valence-corrected chi connectivity index (χ4v) is 2.60. The van der Waals surface area contributed by atoms with Gasteiger partial charge in [-0.05, 0) is 42.5 Å². The molecule has 2 aromatic carbocycles. The van der Waals surface area contributed by atoms with Crippen molar-refractivity contribution in [2.45, 2.75) is 4.90 Å². The van der Waals surface area contributed by atoms with Crippen molar-refractivity contribution in [3.8, 4) is 11.8 Å². The molecular weight excluding hydrogens is 318 g/mol. The van der Waals surface area contributed by atoms with E-state index in [1.165, 1.54) is 43.5 Å². The Hall–Kier alpha value is -2.89. The molecule has 2 aromatic rings. The Kier molecular flexibility index (Phi) is 4.95. The summed E-state index contributed by atoms with van der Waals surface area (Å²) in [5.74, 6) is -0.0388. The van der Waals surface area contributed by atoms with Crippen molar-refractivity contribution in [2.24, 2.45) is 0 Å². The first-order chi connectivity index (χ1) is 11.0. The standard InChI is InChI=1S/C15H13N3O4S/c1-22-13-7-5-12(6-8-13)15(19)17-18-23(20,21)14-4-2-3-11(9-14)10-16/h2-9,18H,1H3,(H,17,19). The lowest BCUT2D eigenvalue weighted by Crippen LogP contribution is -2.41. The zero-order chi connectivity index (χ0) is 16.9. The van der Waals surface area contributed by atoms with E-state index >= 15 is 0 Å². The highest BCUT2D eigenvalue weighted by atomic mass is 32.2. The molecule has 0 aliphatic heterocycles. The summed E-state index contributed by atoms with van der Waals surface area (Å²) in [7, 11) is -2.47. The number of ether oxygens (including phenoxy) is 1. The van der Waals surface area contributed by atoms with Crippen LogP contribution in [0, 0.1) is 11.3 Å². The first-order valence-electron chi connectivity index (χ1n) is 6.42. The summed E-state index contributed by atoms with van der Waals surface area (Å²) in [5, 5.41) is 8.79. The van der Waals surface area contributed by atoms with Gasteiger partial charge in [0.2, 0.25) is 0 Å². The lowest BCUT2D eigenvalue weighted by atomic mass is 10.2. The molecule has 0 bridgehead atoms. The number of nitrogens with one attached hydrogen (secondary N) is 2. The average molecular weight is 331 g/mol. The van der Waals surface area contributed by atoms with E-state index in [-0.39, 0.29) is 16.0 Å². The SMILES string of the molecule is COc1ccc(C(=O)NNS(=O)(=O)c2cccc(C#N)c2)cc1. The van der Waals surface area contributed by atoms with E-state index in [9.17, 15) is 13.2 Å². The van der Waals surface area contributed by atoms with Crippen LogP contribution in [-0.4, -0.2) is 21.4 Å². The number of carbonyl (C=O) groups is 1. The maximum atomic E-state index is 12.1. The highest BCUT2D eigenvalue weighted by Gasteiger charge is 2.16. The van der Waals surface area contributed by atoms with Gasteiger partial charge in [0.1, 0.15) is 5.75 Å². The Morgan fingerprint density at radius 1 is 1.17 bits per heavy atom. The molecule has 0 aromatic heterocycles. The number of amides is 1. The third-order valence-electron chi connectivity index (χ3n) is 2.92. The predicted molar refractivity (Wildman–Crippen MR) is 81.9 cm³/mol. The van der Waals surface area contributed by atoms with E-state index in [0.717, 1.165) is 0 Å². The molecular formula is C15H13N3O4S. The number of rotatable bonds is 5. The molecule has 2 rings (SSSR count). The Bertz CT molecular complexity index is 855. The van der Waals surface area contributed by atoms with Crippen molar-refractivity contribution in [1.82, 2.24) is 10.3 Å². The van der Waals surface area contributed by atoms with Crippen LogP contribution in [0.3, 0.4) is 0 Å². The molecule has 0 radical (unpaired) electrons. The first kappa shape index (κ1) is 16.5. The van der Waals surface area contributed by atoms with Gasteiger partial charge >= 0.3 is 0 Å². The Morgan fingerprint density at radius 2 is 1.87 bits per heavy atom. The lowest BCUT2D eigenvalue weighted by Gasteiger charge is -2.09. The summed E-state index contributed by atoms with van der Waals surface area (Å²) >= 11 is 0. The zero-order valence-electron chi connectivity index (χ0n) is 12.1. The van der Waals surface area contributed by atoms with Crippen LogP contribution in [0.2, 0.25) is 0 Å². The fraction of sp³-hybridized carbons (Fsp3) is 0.0667. The van der Waals surface area contributed by atoms with Crippen molar-refractivity contribution in [1.29, 1.82) is 5.26 Å². The molecule has 118 valence electrons. The number of benzene rings is 2.